The van der Waals surface area contributed by atoms with Crippen LogP contribution in [0, 0.1) is 0 Å². The number of aromatic hydroxyl groups is 1. The maximum absolute atomic E-state index is 12.0. The number of hydrogen-bond acceptors (Lipinski definition) is 8. The van der Waals surface area contributed by atoms with Crippen molar-refractivity contribution >= 4 is 43.9 Å². The number of benzene rings is 1. The van der Waals surface area contributed by atoms with Crippen molar-refractivity contribution in [2.75, 3.05) is 24.7 Å². The summed E-state index contributed by atoms with van der Waals surface area (Å²) in [4.78, 5) is 23.0. The van der Waals surface area contributed by atoms with Gasteiger partial charge in [-0.1, -0.05) is 0 Å². The Morgan fingerprint density at radius 3 is 2.70 bits per heavy atom. The summed E-state index contributed by atoms with van der Waals surface area (Å²) in [5, 5.41) is 14.7. The van der Waals surface area contributed by atoms with Gasteiger partial charge in [-0.15, -0.1) is 21.0 Å². The number of anilines is 2. The van der Waals surface area contributed by atoms with Gasteiger partial charge in [-0.05, 0) is 43.6 Å². The Labute approximate surface area is 183 Å². The molecule has 0 bridgehead atoms. The normalized spacial score (nSPS) is 14.6. The molecule has 0 saturated carbocycles. The second-order valence-corrected chi connectivity index (χ2v) is 8.69. The molecule has 2 N–H and O–H groups in total. The summed E-state index contributed by atoms with van der Waals surface area (Å²) in [5.74, 6) is 0.262. The standard InChI is InChI=1S/C20H27N4O4PS/c1-12(2)27-20(26)24-8-6-13(7-9-24)28-19-17(25)18(21-11-22-19)23-15-5-4-14(30-3)10-16(15)29/h4-5,10-13,25H,6-9,29H2,1-3H3,(H,21,22,23). The first kappa shape index (κ1) is 22.4. The number of nitrogens with one attached hydrogen (secondary N) is 1. The molecule has 1 aromatic carbocycles. The van der Waals surface area contributed by atoms with E-state index in [0.717, 1.165) is 15.9 Å². The Morgan fingerprint density at radius 2 is 2.07 bits per heavy atom. The summed E-state index contributed by atoms with van der Waals surface area (Å²) in [6, 6.07) is 5.96. The van der Waals surface area contributed by atoms with Gasteiger partial charge in [0, 0.05) is 36.5 Å². The van der Waals surface area contributed by atoms with Gasteiger partial charge in [0.05, 0.1) is 6.10 Å². The lowest BCUT2D eigenvalue weighted by Gasteiger charge is -2.31. The van der Waals surface area contributed by atoms with Crippen molar-refractivity contribution in [3.8, 4) is 11.6 Å². The number of nitrogens with zero attached hydrogens (tertiary/aromatic N) is 3. The van der Waals surface area contributed by atoms with Gasteiger partial charge in [-0.2, -0.15) is 4.98 Å². The second-order valence-electron chi connectivity index (χ2n) is 7.19. The van der Waals surface area contributed by atoms with Crippen molar-refractivity contribution in [2.24, 2.45) is 0 Å². The molecule has 1 unspecified atom stereocenters. The van der Waals surface area contributed by atoms with E-state index in [1.54, 1.807) is 16.7 Å². The van der Waals surface area contributed by atoms with Crippen LogP contribution in [0.3, 0.4) is 0 Å². The highest BCUT2D eigenvalue weighted by Gasteiger charge is 2.26. The topological polar surface area (TPSA) is 96.8 Å². The molecule has 162 valence electrons. The number of hydrogen-bond donors (Lipinski definition) is 2. The van der Waals surface area contributed by atoms with E-state index >= 15 is 0 Å². The smallest absolute Gasteiger partial charge is 0.410 e. The van der Waals surface area contributed by atoms with Crippen LogP contribution >= 0.6 is 21.0 Å². The summed E-state index contributed by atoms with van der Waals surface area (Å²) in [7, 11) is 2.68. The molecule has 1 fully saturated rings. The average Bonchev–Trinajstić information content (AvgIpc) is 2.72. The third kappa shape index (κ3) is 5.67. The lowest BCUT2D eigenvalue weighted by molar-refractivity contribution is 0.0500. The molecule has 1 amide bonds. The van der Waals surface area contributed by atoms with Crippen molar-refractivity contribution in [3.05, 3.63) is 24.5 Å². The number of ether oxygens (including phenoxy) is 2. The van der Waals surface area contributed by atoms with Crippen molar-refractivity contribution < 1.29 is 19.4 Å². The summed E-state index contributed by atoms with van der Waals surface area (Å²) in [5.41, 5.74) is 0.815. The first-order valence-electron chi connectivity index (χ1n) is 9.74. The predicted molar refractivity (Wildman–Crippen MR) is 121 cm³/mol. The van der Waals surface area contributed by atoms with Crippen LogP contribution in [0.5, 0.6) is 11.6 Å². The Balaban J connectivity index is 1.63. The number of carbonyl (C=O) groups is 1. The monoisotopic (exact) mass is 450 g/mol. The minimum absolute atomic E-state index is 0.127. The van der Waals surface area contributed by atoms with Gasteiger partial charge in [-0.3, -0.25) is 0 Å². The van der Waals surface area contributed by atoms with Crippen molar-refractivity contribution in [1.29, 1.82) is 0 Å². The number of aromatic nitrogens is 2. The molecule has 0 aliphatic carbocycles. The van der Waals surface area contributed by atoms with Gasteiger partial charge < -0.3 is 24.8 Å². The lowest BCUT2D eigenvalue weighted by atomic mass is 10.1. The maximum Gasteiger partial charge on any atom is 0.410 e. The van der Waals surface area contributed by atoms with Crippen LogP contribution in [0.15, 0.2) is 29.4 Å². The Kier molecular flexibility index (Phi) is 7.61. The summed E-state index contributed by atoms with van der Waals surface area (Å²) in [6.45, 7) is 4.72. The van der Waals surface area contributed by atoms with Gasteiger partial charge in [0.1, 0.15) is 12.4 Å². The Bertz CT molecular complexity index is 891. The molecular weight excluding hydrogens is 423 g/mol. The average molecular weight is 451 g/mol. The molecule has 8 nitrogen and oxygen atoms in total. The van der Waals surface area contributed by atoms with Crippen LogP contribution in [-0.4, -0.2) is 57.6 Å². The highest BCUT2D eigenvalue weighted by molar-refractivity contribution is 7.98. The van der Waals surface area contributed by atoms with Crippen molar-refractivity contribution in [1.82, 2.24) is 14.9 Å². The van der Waals surface area contributed by atoms with Crippen molar-refractivity contribution in [3.63, 3.8) is 0 Å². The molecule has 2 aromatic rings. The number of carbonyl (C=O) groups excluding carboxylic acids is 1. The van der Waals surface area contributed by atoms with E-state index in [2.05, 4.69) is 24.5 Å². The number of rotatable bonds is 6. The number of likely N-dealkylation sites (tertiary alicyclic amines) is 1. The van der Waals surface area contributed by atoms with E-state index in [1.165, 1.54) is 6.33 Å². The van der Waals surface area contributed by atoms with Crippen LogP contribution in [0.4, 0.5) is 16.3 Å². The fourth-order valence-corrected chi connectivity index (χ4v) is 3.96. The van der Waals surface area contributed by atoms with E-state index in [1.807, 2.05) is 38.3 Å². The van der Waals surface area contributed by atoms with Crippen molar-refractivity contribution in [2.45, 2.75) is 43.8 Å². The zero-order valence-electron chi connectivity index (χ0n) is 17.3. The molecule has 0 spiro atoms. The van der Waals surface area contributed by atoms with E-state index in [9.17, 15) is 9.90 Å². The molecule has 0 radical (unpaired) electrons. The Morgan fingerprint density at radius 1 is 1.33 bits per heavy atom. The summed E-state index contributed by atoms with van der Waals surface area (Å²) < 4.78 is 11.1. The number of thioether (sulfide) groups is 1. The zero-order chi connectivity index (χ0) is 21.7. The molecule has 2 heterocycles. The first-order chi connectivity index (χ1) is 14.4. The molecule has 1 aliphatic rings. The first-order valence-corrected chi connectivity index (χ1v) is 11.5. The van der Waals surface area contributed by atoms with Gasteiger partial charge in [-0.25, -0.2) is 9.78 Å². The van der Waals surface area contributed by atoms with Crippen LogP contribution in [0.2, 0.25) is 0 Å². The molecule has 1 aliphatic heterocycles. The lowest BCUT2D eigenvalue weighted by Crippen LogP contribution is -2.42. The number of piperidine rings is 1. The fraction of sp³-hybridized carbons (Fsp3) is 0.450. The molecule has 10 heteroatoms. The van der Waals surface area contributed by atoms with Gasteiger partial charge in [0.2, 0.25) is 5.75 Å². The van der Waals surface area contributed by atoms with Crippen LogP contribution in [0.1, 0.15) is 26.7 Å². The van der Waals surface area contributed by atoms with Gasteiger partial charge in [0.15, 0.2) is 5.82 Å². The second kappa shape index (κ2) is 10.2. The molecule has 1 atom stereocenters. The molecule has 1 saturated heterocycles. The number of amides is 1. The summed E-state index contributed by atoms with van der Waals surface area (Å²) >= 11 is 1.66. The minimum atomic E-state index is -0.305. The molecule has 1 aromatic heterocycles. The van der Waals surface area contributed by atoms with Crippen LogP contribution < -0.4 is 15.4 Å². The predicted octanol–water partition coefficient (Wildman–Crippen LogP) is 3.54. The summed E-state index contributed by atoms with van der Waals surface area (Å²) in [6.07, 6.45) is 4.03. The molecular formula is C20H27N4O4PS. The van der Waals surface area contributed by atoms with E-state index < -0.39 is 0 Å². The highest BCUT2D eigenvalue weighted by atomic mass is 32.2. The quantitative estimate of drug-likeness (QED) is 0.510. The van der Waals surface area contributed by atoms with E-state index in [-0.39, 0.29) is 35.7 Å². The molecule has 3 rings (SSSR count). The van der Waals surface area contributed by atoms with Gasteiger partial charge in [0.25, 0.3) is 5.88 Å². The molecule has 30 heavy (non-hydrogen) atoms. The zero-order valence-corrected chi connectivity index (χ0v) is 19.3. The highest BCUT2D eigenvalue weighted by Crippen LogP contribution is 2.33. The third-order valence-corrected chi connectivity index (χ3v) is 5.82. The van der Waals surface area contributed by atoms with E-state index in [4.69, 9.17) is 9.47 Å². The van der Waals surface area contributed by atoms with Gasteiger partial charge >= 0.3 is 6.09 Å². The van der Waals surface area contributed by atoms with Crippen LogP contribution in [-0.2, 0) is 4.74 Å². The van der Waals surface area contributed by atoms with E-state index in [0.29, 0.717) is 25.9 Å². The Hall–Kier alpha value is -2.25. The largest absolute Gasteiger partial charge is 0.501 e. The fourth-order valence-electron chi connectivity index (χ4n) is 3.04. The maximum atomic E-state index is 12.0. The third-order valence-electron chi connectivity index (χ3n) is 4.62. The van der Waals surface area contributed by atoms with Crippen LogP contribution in [0.25, 0.3) is 0 Å². The SMILES string of the molecule is CSc1ccc(Nc2ncnc(OC3CCN(C(=O)OC(C)C)CC3)c2O)c(P)c1. The minimum Gasteiger partial charge on any atom is -0.501 e.